The van der Waals surface area contributed by atoms with Crippen molar-refractivity contribution in [3.63, 3.8) is 0 Å². The van der Waals surface area contributed by atoms with Gasteiger partial charge in [0.1, 0.15) is 0 Å². The van der Waals surface area contributed by atoms with E-state index in [1.807, 2.05) is 30.3 Å². The van der Waals surface area contributed by atoms with Crippen LogP contribution in [0.1, 0.15) is 6.42 Å². The van der Waals surface area contributed by atoms with E-state index in [2.05, 4.69) is 17.1 Å². The van der Waals surface area contributed by atoms with E-state index in [1.165, 1.54) is 9.21 Å². The lowest BCUT2D eigenvalue weighted by Gasteiger charge is -2.34. The summed E-state index contributed by atoms with van der Waals surface area (Å²) < 4.78 is 27.9. The molecule has 7 nitrogen and oxygen atoms in total. The van der Waals surface area contributed by atoms with E-state index >= 15 is 0 Å². The van der Waals surface area contributed by atoms with Gasteiger partial charge in [-0.1, -0.05) is 42.5 Å². The Morgan fingerprint density at radius 1 is 0.788 bits per heavy atom. The smallest absolute Gasteiger partial charge is 0.243 e. The lowest BCUT2D eigenvalue weighted by atomic mass is 9.85. The number of imide groups is 1. The fraction of sp³-hybridized carbons (Fsp3) is 0.440. The van der Waals surface area contributed by atoms with Crippen LogP contribution in [0.15, 0.2) is 59.5 Å². The lowest BCUT2D eigenvalue weighted by molar-refractivity contribution is -0.140. The third kappa shape index (κ3) is 3.34. The van der Waals surface area contributed by atoms with Crippen molar-refractivity contribution >= 4 is 32.6 Å². The van der Waals surface area contributed by atoms with Gasteiger partial charge in [-0.25, -0.2) is 8.42 Å². The fourth-order valence-electron chi connectivity index (χ4n) is 6.10. The molecule has 3 fully saturated rings. The van der Waals surface area contributed by atoms with E-state index in [0.29, 0.717) is 44.2 Å². The minimum Gasteiger partial charge on any atom is -0.299 e. The molecule has 4 atom stereocenters. The van der Waals surface area contributed by atoms with Gasteiger partial charge < -0.3 is 0 Å². The predicted molar refractivity (Wildman–Crippen MR) is 124 cm³/mol. The summed E-state index contributed by atoms with van der Waals surface area (Å²) in [7, 11) is -3.56. The maximum absolute atomic E-state index is 13.2. The molecule has 0 radical (unpaired) electrons. The Hall–Kier alpha value is -2.55. The number of fused-ring (bicyclic) bond motifs is 6. The average Bonchev–Trinajstić information content (AvgIpc) is 3.52. The number of allylic oxidation sites excluding steroid dienone is 2. The SMILES string of the molecule is O=C1[C@@H]2[C@@H](C(=O)N1CCN1CCN(S(=O)(=O)c3ccc4ccccc4c3)CC1)[C@H]1C=C[C@H]2C1. The normalized spacial score (nSPS) is 30.0. The summed E-state index contributed by atoms with van der Waals surface area (Å²) in [4.78, 5) is 29.6. The maximum Gasteiger partial charge on any atom is 0.243 e. The van der Waals surface area contributed by atoms with Crippen molar-refractivity contribution in [3.05, 3.63) is 54.6 Å². The molecule has 0 aromatic heterocycles. The van der Waals surface area contributed by atoms with Crippen LogP contribution in [0.4, 0.5) is 0 Å². The van der Waals surface area contributed by atoms with Crippen molar-refractivity contribution in [2.75, 3.05) is 39.3 Å². The number of piperazine rings is 1. The topological polar surface area (TPSA) is 78.0 Å². The summed E-state index contributed by atoms with van der Waals surface area (Å²) >= 11 is 0. The summed E-state index contributed by atoms with van der Waals surface area (Å²) in [5.41, 5.74) is 0. The molecular formula is C25H27N3O4S. The molecule has 2 aromatic carbocycles. The molecule has 8 heteroatoms. The molecule has 0 spiro atoms. The number of likely N-dealkylation sites (tertiary alicyclic amines) is 1. The van der Waals surface area contributed by atoms with Crippen LogP contribution in [-0.4, -0.2) is 73.6 Å². The molecule has 2 aromatic rings. The number of nitrogens with zero attached hydrogens (tertiary/aromatic N) is 3. The highest BCUT2D eigenvalue weighted by molar-refractivity contribution is 7.89. The number of benzene rings is 2. The Kier molecular flexibility index (Phi) is 4.94. The summed E-state index contributed by atoms with van der Waals surface area (Å²) in [5, 5.41) is 1.92. The molecule has 33 heavy (non-hydrogen) atoms. The molecular weight excluding hydrogens is 438 g/mol. The molecule has 0 unspecified atom stereocenters. The second-order valence-electron chi connectivity index (χ2n) is 9.58. The van der Waals surface area contributed by atoms with Gasteiger partial charge in [0.15, 0.2) is 0 Å². The largest absolute Gasteiger partial charge is 0.299 e. The van der Waals surface area contributed by atoms with Crippen LogP contribution in [-0.2, 0) is 19.6 Å². The van der Waals surface area contributed by atoms with Crippen LogP contribution in [0, 0.1) is 23.7 Å². The Bertz CT molecular complexity index is 1240. The minimum absolute atomic E-state index is 0.0145. The van der Waals surface area contributed by atoms with Crippen LogP contribution in [0.5, 0.6) is 0 Å². The van der Waals surface area contributed by atoms with E-state index in [-0.39, 0.29) is 35.5 Å². The van der Waals surface area contributed by atoms with Gasteiger partial charge in [0, 0.05) is 39.3 Å². The molecule has 6 rings (SSSR count). The fourth-order valence-corrected chi connectivity index (χ4v) is 7.55. The summed E-state index contributed by atoms with van der Waals surface area (Å²) in [6, 6.07) is 13.0. The van der Waals surface area contributed by atoms with E-state index in [9.17, 15) is 18.0 Å². The van der Waals surface area contributed by atoms with E-state index < -0.39 is 10.0 Å². The molecule has 0 N–H and O–H groups in total. The van der Waals surface area contributed by atoms with Crippen molar-refractivity contribution in [2.45, 2.75) is 11.3 Å². The highest BCUT2D eigenvalue weighted by atomic mass is 32.2. The van der Waals surface area contributed by atoms with Crippen LogP contribution in [0.2, 0.25) is 0 Å². The van der Waals surface area contributed by atoms with E-state index in [1.54, 1.807) is 12.1 Å². The Labute approximate surface area is 193 Å². The summed E-state index contributed by atoms with van der Waals surface area (Å²) in [6.07, 6.45) is 5.15. The molecule has 2 saturated heterocycles. The highest BCUT2D eigenvalue weighted by Gasteiger charge is 2.59. The average molecular weight is 466 g/mol. The number of hydrogen-bond donors (Lipinski definition) is 0. The molecule has 1 saturated carbocycles. The third-order valence-electron chi connectivity index (χ3n) is 7.89. The van der Waals surface area contributed by atoms with Gasteiger partial charge in [-0.15, -0.1) is 0 Å². The van der Waals surface area contributed by atoms with Gasteiger partial charge >= 0.3 is 0 Å². The first-order chi connectivity index (χ1) is 15.9. The first-order valence-corrected chi connectivity index (χ1v) is 13.1. The van der Waals surface area contributed by atoms with Gasteiger partial charge in [-0.3, -0.25) is 19.4 Å². The van der Waals surface area contributed by atoms with Crippen molar-refractivity contribution in [2.24, 2.45) is 23.7 Å². The Morgan fingerprint density at radius 3 is 2.09 bits per heavy atom. The van der Waals surface area contributed by atoms with Crippen LogP contribution in [0.3, 0.4) is 0 Å². The second kappa shape index (κ2) is 7.75. The molecule has 2 heterocycles. The van der Waals surface area contributed by atoms with Crippen molar-refractivity contribution in [3.8, 4) is 0 Å². The zero-order valence-electron chi connectivity index (χ0n) is 18.3. The van der Waals surface area contributed by atoms with Gasteiger partial charge in [0.25, 0.3) is 0 Å². The number of sulfonamides is 1. The van der Waals surface area contributed by atoms with Gasteiger partial charge in [-0.2, -0.15) is 4.31 Å². The van der Waals surface area contributed by atoms with Crippen LogP contribution in [0.25, 0.3) is 10.8 Å². The molecule has 2 bridgehead atoms. The van der Waals surface area contributed by atoms with Gasteiger partial charge in [0.05, 0.1) is 16.7 Å². The van der Waals surface area contributed by atoms with Gasteiger partial charge in [0.2, 0.25) is 21.8 Å². The molecule has 2 aliphatic carbocycles. The second-order valence-corrected chi connectivity index (χ2v) is 11.5. The summed E-state index contributed by atoms with van der Waals surface area (Å²) in [5.74, 6) is 0.113. The van der Waals surface area contributed by atoms with Gasteiger partial charge in [-0.05, 0) is 41.2 Å². The quantitative estimate of drug-likeness (QED) is 0.498. The first-order valence-electron chi connectivity index (χ1n) is 11.7. The number of carbonyl (C=O) groups excluding carboxylic acids is 2. The third-order valence-corrected chi connectivity index (χ3v) is 9.79. The Balaban J connectivity index is 1.07. The Morgan fingerprint density at radius 2 is 1.42 bits per heavy atom. The van der Waals surface area contributed by atoms with Crippen LogP contribution >= 0.6 is 0 Å². The molecule has 172 valence electrons. The highest BCUT2D eigenvalue weighted by Crippen LogP contribution is 2.52. The number of hydrogen-bond acceptors (Lipinski definition) is 5. The molecule has 2 amide bonds. The van der Waals surface area contributed by atoms with Crippen LogP contribution < -0.4 is 0 Å². The minimum atomic E-state index is -3.56. The lowest BCUT2D eigenvalue weighted by Crippen LogP contribution is -2.50. The monoisotopic (exact) mass is 465 g/mol. The number of rotatable bonds is 5. The predicted octanol–water partition coefficient (Wildman–Crippen LogP) is 1.95. The number of carbonyl (C=O) groups is 2. The summed E-state index contributed by atoms with van der Waals surface area (Å²) in [6.45, 7) is 2.95. The van der Waals surface area contributed by atoms with E-state index in [0.717, 1.165) is 17.2 Å². The standard InChI is InChI=1S/C25H27N3O4S/c29-24-22-19-5-6-20(15-19)23(22)25(30)28(24)14-11-26-9-12-27(13-10-26)33(31,32)21-8-7-17-3-1-2-4-18(17)16-21/h1-8,16,19-20,22-23H,9-15H2/t19-,20-,22-,23-/m0/s1. The first kappa shape index (κ1) is 21.0. The van der Waals surface area contributed by atoms with Crippen molar-refractivity contribution < 1.29 is 18.0 Å². The van der Waals surface area contributed by atoms with Crippen molar-refractivity contribution in [1.82, 2.24) is 14.1 Å². The molecule has 2 aliphatic heterocycles. The zero-order valence-corrected chi connectivity index (χ0v) is 19.2. The molecule has 4 aliphatic rings. The number of amides is 2. The van der Waals surface area contributed by atoms with Crippen molar-refractivity contribution in [1.29, 1.82) is 0 Å². The zero-order chi connectivity index (χ0) is 22.7. The maximum atomic E-state index is 13.2. The van der Waals surface area contributed by atoms with E-state index in [4.69, 9.17) is 0 Å².